The SMILES string of the molecule is C=CCN(CC(=O)O)Cc1cnn(-c2ccccc2)c1. The van der Waals surface area contributed by atoms with Crippen LogP contribution >= 0.6 is 0 Å². The maximum absolute atomic E-state index is 10.8. The zero-order valence-corrected chi connectivity index (χ0v) is 11.1. The number of aliphatic carboxylic acids is 1. The Kier molecular flexibility index (Phi) is 4.68. The second kappa shape index (κ2) is 6.68. The molecule has 5 nitrogen and oxygen atoms in total. The third-order valence-corrected chi connectivity index (χ3v) is 2.81. The van der Waals surface area contributed by atoms with Crippen molar-refractivity contribution >= 4 is 5.97 Å². The quantitative estimate of drug-likeness (QED) is 0.782. The number of nitrogens with zero attached hydrogens (tertiary/aromatic N) is 3. The Hall–Kier alpha value is -2.40. The van der Waals surface area contributed by atoms with E-state index in [2.05, 4.69) is 11.7 Å². The van der Waals surface area contributed by atoms with Crippen molar-refractivity contribution < 1.29 is 9.90 Å². The first-order valence-electron chi connectivity index (χ1n) is 6.33. The van der Waals surface area contributed by atoms with Crippen molar-refractivity contribution in [3.8, 4) is 5.69 Å². The summed E-state index contributed by atoms with van der Waals surface area (Å²) in [6.45, 7) is 4.70. The van der Waals surface area contributed by atoms with Gasteiger partial charge in [-0.25, -0.2) is 4.68 Å². The molecule has 1 heterocycles. The van der Waals surface area contributed by atoms with Crippen LogP contribution in [0, 0.1) is 0 Å². The van der Waals surface area contributed by atoms with Gasteiger partial charge in [0.25, 0.3) is 0 Å². The lowest BCUT2D eigenvalue weighted by Gasteiger charge is -2.16. The summed E-state index contributed by atoms with van der Waals surface area (Å²) in [5, 5.41) is 13.2. The van der Waals surface area contributed by atoms with Gasteiger partial charge in [-0.3, -0.25) is 9.69 Å². The number of carboxylic acids is 1. The van der Waals surface area contributed by atoms with Crippen molar-refractivity contribution in [1.29, 1.82) is 0 Å². The van der Waals surface area contributed by atoms with Crippen molar-refractivity contribution in [3.05, 3.63) is 60.9 Å². The van der Waals surface area contributed by atoms with Crippen molar-refractivity contribution in [3.63, 3.8) is 0 Å². The van der Waals surface area contributed by atoms with E-state index < -0.39 is 5.97 Å². The molecule has 2 aromatic rings. The average Bonchev–Trinajstić information content (AvgIpc) is 2.88. The van der Waals surface area contributed by atoms with E-state index in [0.29, 0.717) is 13.1 Å². The second-order valence-corrected chi connectivity index (χ2v) is 4.48. The molecule has 0 saturated carbocycles. The molecular weight excluding hydrogens is 254 g/mol. The summed E-state index contributed by atoms with van der Waals surface area (Å²) in [6.07, 6.45) is 5.36. The molecule has 0 aliphatic carbocycles. The molecule has 0 bridgehead atoms. The molecule has 0 saturated heterocycles. The lowest BCUT2D eigenvalue weighted by Crippen LogP contribution is -2.29. The van der Waals surface area contributed by atoms with Crippen LogP contribution in [0.4, 0.5) is 0 Å². The summed E-state index contributed by atoms with van der Waals surface area (Å²) in [7, 11) is 0. The molecule has 0 radical (unpaired) electrons. The highest BCUT2D eigenvalue weighted by Crippen LogP contribution is 2.09. The zero-order valence-electron chi connectivity index (χ0n) is 11.1. The minimum absolute atomic E-state index is 0.0114. The van der Waals surface area contributed by atoms with Crippen molar-refractivity contribution in [2.24, 2.45) is 0 Å². The Morgan fingerprint density at radius 3 is 2.80 bits per heavy atom. The fraction of sp³-hybridized carbons (Fsp3) is 0.200. The standard InChI is InChI=1S/C15H17N3O2/c1-2-8-17(12-15(19)20)10-13-9-16-18(11-13)14-6-4-3-5-7-14/h2-7,9,11H,1,8,10,12H2,(H,19,20). The smallest absolute Gasteiger partial charge is 0.317 e. The number of hydrogen-bond donors (Lipinski definition) is 1. The molecular formula is C15H17N3O2. The molecule has 1 aromatic heterocycles. The van der Waals surface area contributed by atoms with Gasteiger partial charge < -0.3 is 5.11 Å². The van der Waals surface area contributed by atoms with Gasteiger partial charge in [0.15, 0.2) is 0 Å². The number of hydrogen-bond acceptors (Lipinski definition) is 3. The fourth-order valence-electron chi connectivity index (χ4n) is 1.98. The van der Waals surface area contributed by atoms with Gasteiger partial charge in [-0.05, 0) is 12.1 Å². The van der Waals surface area contributed by atoms with Gasteiger partial charge in [-0.1, -0.05) is 24.3 Å². The topological polar surface area (TPSA) is 58.4 Å². The number of carboxylic acid groups (broad SMARTS) is 1. The molecule has 1 N–H and O–H groups in total. The first-order valence-corrected chi connectivity index (χ1v) is 6.33. The maximum Gasteiger partial charge on any atom is 0.317 e. The second-order valence-electron chi connectivity index (χ2n) is 4.48. The molecule has 0 unspecified atom stereocenters. The fourth-order valence-corrected chi connectivity index (χ4v) is 1.98. The van der Waals surface area contributed by atoms with Crippen molar-refractivity contribution in [2.45, 2.75) is 6.54 Å². The largest absolute Gasteiger partial charge is 0.480 e. The summed E-state index contributed by atoms with van der Waals surface area (Å²) < 4.78 is 1.78. The van der Waals surface area contributed by atoms with Gasteiger partial charge in [0, 0.05) is 24.8 Å². The Bertz CT molecular complexity index is 578. The molecule has 104 valence electrons. The van der Waals surface area contributed by atoms with Gasteiger partial charge in [-0.15, -0.1) is 6.58 Å². The van der Waals surface area contributed by atoms with Crippen LogP contribution in [0.15, 0.2) is 55.4 Å². The van der Waals surface area contributed by atoms with Crippen LogP contribution < -0.4 is 0 Å². The van der Waals surface area contributed by atoms with E-state index in [4.69, 9.17) is 5.11 Å². The molecule has 0 spiro atoms. The lowest BCUT2D eigenvalue weighted by atomic mass is 10.3. The maximum atomic E-state index is 10.8. The molecule has 0 aliphatic heterocycles. The van der Waals surface area contributed by atoms with E-state index in [0.717, 1.165) is 11.3 Å². The first-order chi connectivity index (χ1) is 9.69. The van der Waals surface area contributed by atoms with E-state index >= 15 is 0 Å². The molecule has 2 rings (SSSR count). The molecule has 1 aromatic carbocycles. The first kappa shape index (κ1) is 14.0. The molecule has 20 heavy (non-hydrogen) atoms. The highest BCUT2D eigenvalue weighted by molar-refractivity contribution is 5.69. The highest BCUT2D eigenvalue weighted by Gasteiger charge is 2.10. The molecule has 0 aliphatic rings. The van der Waals surface area contributed by atoms with Crippen LogP contribution in [0.5, 0.6) is 0 Å². The van der Waals surface area contributed by atoms with Crippen LogP contribution in [0.3, 0.4) is 0 Å². The highest BCUT2D eigenvalue weighted by atomic mass is 16.4. The third-order valence-electron chi connectivity index (χ3n) is 2.81. The lowest BCUT2D eigenvalue weighted by molar-refractivity contribution is -0.138. The molecule has 5 heteroatoms. The molecule has 0 atom stereocenters. The Balaban J connectivity index is 2.08. The minimum atomic E-state index is -0.845. The van der Waals surface area contributed by atoms with Crippen LogP contribution in [0.25, 0.3) is 5.69 Å². The van der Waals surface area contributed by atoms with E-state index in [1.807, 2.05) is 36.5 Å². The number of benzene rings is 1. The summed E-state index contributed by atoms with van der Waals surface area (Å²) in [6, 6.07) is 9.79. The van der Waals surface area contributed by atoms with Gasteiger partial charge >= 0.3 is 5.97 Å². The number of rotatable bonds is 7. The summed E-state index contributed by atoms with van der Waals surface area (Å²) in [5.74, 6) is -0.845. The predicted octanol–water partition coefficient (Wildman–Crippen LogP) is 1.94. The number of aromatic nitrogens is 2. The van der Waals surface area contributed by atoms with E-state index in [1.165, 1.54) is 0 Å². The molecule has 0 amide bonds. The normalized spacial score (nSPS) is 10.7. The van der Waals surface area contributed by atoms with E-state index in [1.54, 1.807) is 21.9 Å². The Labute approximate surface area is 117 Å². The van der Waals surface area contributed by atoms with Gasteiger partial charge in [0.2, 0.25) is 0 Å². The van der Waals surface area contributed by atoms with Gasteiger partial charge in [-0.2, -0.15) is 5.10 Å². The molecule has 0 fully saturated rings. The van der Waals surface area contributed by atoms with Crippen LogP contribution in [-0.4, -0.2) is 38.8 Å². The van der Waals surface area contributed by atoms with Gasteiger partial charge in [0.1, 0.15) is 0 Å². The van der Waals surface area contributed by atoms with Crippen LogP contribution in [0.1, 0.15) is 5.56 Å². The van der Waals surface area contributed by atoms with E-state index in [9.17, 15) is 4.79 Å². The summed E-state index contributed by atoms with van der Waals surface area (Å²) >= 11 is 0. The Morgan fingerprint density at radius 2 is 2.15 bits per heavy atom. The number of para-hydroxylation sites is 1. The van der Waals surface area contributed by atoms with Crippen LogP contribution in [0.2, 0.25) is 0 Å². The predicted molar refractivity (Wildman–Crippen MR) is 76.7 cm³/mol. The average molecular weight is 271 g/mol. The number of carbonyl (C=O) groups is 1. The van der Waals surface area contributed by atoms with Crippen molar-refractivity contribution in [1.82, 2.24) is 14.7 Å². The minimum Gasteiger partial charge on any atom is -0.480 e. The van der Waals surface area contributed by atoms with Crippen molar-refractivity contribution in [2.75, 3.05) is 13.1 Å². The van der Waals surface area contributed by atoms with E-state index in [-0.39, 0.29) is 6.54 Å². The van der Waals surface area contributed by atoms with Crippen LogP contribution in [-0.2, 0) is 11.3 Å². The Morgan fingerprint density at radius 1 is 1.40 bits per heavy atom. The monoisotopic (exact) mass is 271 g/mol. The van der Waals surface area contributed by atoms with Gasteiger partial charge in [0.05, 0.1) is 18.4 Å². The summed E-state index contributed by atoms with van der Waals surface area (Å²) in [5.41, 5.74) is 1.95. The summed E-state index contributed by atoms with van der Waals surface area (Å²) in [4.78, 5) is 12.6. The third kappa shape index (κ3) is 3.80. The zero-order chi connectivity index (χ0) is 14.4.